The van der Waals surface area contributed by atoms with Gasteiger partial charge in [-0.25, -0.2) is 13.1 Å². The third-order valence-corrected chi connectivity index (χ3v) is 5.01. The van der Waals surface area contributed by atoms with Gasteiger partial charge in [0.25, 0.3) is 0 Å². The summed E-state index contributed by atoms with van der Waals surface area (Å²) in [5.41, 5.74) is -1.14. The Morgan fingerprint density at radius 2 is 2.00 bits per heavy atom. The summed E-state index contributed by atoms with van der Waals surface area (Å²) in [5.74, 6) is 0.366. The molecule has 8 heteroatoms. The van der Waals surface area contributed by atoms with Crippen molar-refractivity contribution in [3.05, 3.63) is 29.8 Å². The zero-order valence-electron chi connectivity index (χ0n) is 11.3. The molecule has 1 aliphatic heterocycles. The van der Waals surface area contributed by atoms with Crippen molar-refractivity contribution < 1.29 is 21.6 Å². The maximum absolute atomic E-state index is 12.8. The van der Waals surface area contributed by atoms with Gasteiger partial charge in [-0.1, -0.05) is 12.1 Å². The number of rotatable bonds is 5. The summed E-state index contributed by atoms with van der Waals surface area (Å²) < 4.78 is 64.9. The van der Waals surface area contributed by atoms with E-state index in [0.717, 1.165) is 31.6 Å². The third kappa shape index (κ3) is 4.18. The second kappa shape index (κ2) is 6.33. The molecule has 1 fully saturated rings. The summed E-state index contributed by atoms with van der Waals surface area (Å²) in [4.78, 5) is -0.720. The number of hydrogen-bond acceptors (Lipinski definition) is 3. The van der Waals surface area contributed by atoms with Crippen LogP contribution in [-0.2, 0) is 16.2 Å². The number of benzene rings is 1. The van der Waals surface area contributed by atoms with Crippen molar-refractivity contribution in [2.45, 2.75) is 23.9 Å². The van der Waals surface area contributed by atoms with Crippen LogP contribution in [0.4, 0.5) is 13.2 Å². The lowest BCUT2D eigenvalue weighted by Gasteiger charge is -2.14. The minimum Gasteiger partial charge on any atom is -0.316 e. The zero-order valence-corrected chi connectivity index (χ0v) is 12.1. The fraction of sp³-hybridized carbons (Fsp3) is 0.538. The Hall–Kier alpha value is -1.12. The highest BCUT2D eigenvalue weighted by molar-refractivity contribution is 7.89. The summed E-state index contributed by atoms with van der Waals surface area (Å²) in [5, 5.41) is 3.15. The van der Waals surface area contributed by atoms with Crippen LogP contribution >= 0.6 is 0 Å². The van der Waals surface area contributed by atoms with E-state index in [0.29, 0.717) is 12.3 Å². The van der Waals surface area contributed by atoms with Crippen molar-refractivity contribution in [1.82, 2.24) is 10.0 Å². The molecule has 2 rings (SSSR count). The molecule has 0 spiro atoms. The molecule has 0 amide bonds. The van der Waals surface area contributed by atoms with Gasteiger partial charge in [-0.3, -0.25) is 0 Å². The minimum atomic E-state index is -4.69. The molecule has 1 aromatic rings. The first-order valence-corrected chi connectivity index (χ1v) is 8.15. The predicted octanol–water partition coefficient (Wildman–Crippen LogP) is 1.98. The van der Waals surface area contributed by atoms with Crippen molar-refractivity contribution in [3.63, 3.8) is 0 Å². The first-order chi connectivity index (χ1) is 9.81. The molecule has 1 heterocycles. The SMILES string of the molecule is O=S(=O)(NCC[C@@H]1CCNC1)c1ccccc1C(F)(F)F. The van der Waals surface area contributed by atoms with Gasteiger partial charge < -0.3 is 5.32 Å². The van der Waals surface area contributed by atoms with Crippen molar-refractivity contribution in [3.8, 4) is 0 Å². The van der Waals surface area contributed by atoms with E-state index in [-0.39, 0.29) is 6.54 Å². The van der Waals surface area contributed by atoms with Crippen LogP contribution < -0.4 is 10.0 Å². The van der Waals surface area contributed by atoms with Crippen LogP contribution in [0.15, 0.2) is 29.2 Å². The first kappa shape index (κ1) is 16.3. The zero-order chi connectivity index (χ0) is 15.5. The molecule has 1 saturated heterocycles. The van der Waals surface area contributed by atoms with Crippen LogP contribution in [0.3, 0.4) is 0 Å². The van der Waals surface area contributed by atoms with Gasteiger partial charge in [0.1, 0.15) is 0 Å². The lowest BCUT2D eigenvalue weighted by Crippen LogP contribution is -2.28. The topological polar surface area (TPSA) is 58.2 Å². The van der Waals surface area contributed by atoms with Gasteiger partial charge >= 0.3 is 6.18 Å². The average Bonchev–Trinajstić information content (AvgIpc) is 2.91. The fourth-order valence-electron chi connectivity index (χ4n) is 2.37. The Bertz CT molecular complexity index is 581. The Kier molecular flexibility index (Phi) is 4.90. The number of sulfonamides is 1. The van der Waals surface area contributed by atoms with Crippen LogP contribution in [0.5, 0.6) is 0 Å². The summed E-state index contributed by atoms with van der Waals surface area (Å²) in [6.45, 7) is 1.86. The van der Waals surface area contributed by atoms with E-state index < -0.39 is 26.7 Å². The minimum absolute atomic E-state index is 0.140. The number of nitrogens with one attached hydrogen (secondary N) is 2. The van der Waals surface area contributed by atoms with Crippen LogP contribution in [0, 0.1) is 5.92 Å². The summed E-state index contributed by atoms with van der Waals surface area (Å²) >= 11 is 0. The molecule has 1 aliphatic rings. The van der Waals surface area contributed by atoms with Crippen molar-refractivity contribution in [2.75, 3.05) is 19.6 Å². The molecule has 0 saturated carbocycles. The normalized spacial score (nSPS) is 19.9. The molecule has 2 N–H and O–H groups in total. The van der Waals surface area contributed by atoms with E-state index >= 15 is 0 Å². The molecule has 1 atom stereocenters. The molecule has 21 heavy (non-hydrogen) atoms. The summed E-state index contributed by atoms with van der Waals surface area (Å²) in [7, 11) is -4.16. The van der Waals surface area contributed by atoms with Gasteiger partial charge in [-0.15, -0.1) is 0 Å². The van der Waals surface area contributed by atoms with E-state index in [1.54, 1.807) is 0 Å². The van der Waals surface area contributed by atoms with E-state index in [9.17, 15) is 21.6 Å². The quantitative estimate of drug-likeness (QED) is 0.871. The molecule has 1 aromatic carbocycles. The van der Waals surface area contributed by atoms with Crippen LogP contribution in [0.1, 0.15) is 18.4 Å². The van der Waals surface area contributed by atoms with Crippen LogP contribution in [0.2, 0.25) is 0 Å². The maximum atomic E-state index is 12.8. The van der Waals surface area contributed by atoms with Gasteiger partial charge in [0.2, 0.25) is 10.0 Å². The maximum Gasteiger partial charge on any atom is 0.417 e. The molecule has 0 radical (unpaired) electrons. The smallest absolute Gasteiger partial charge is 0.316 e. The van der Waals surface area contributed by atoms with E-state index in [1.807, 2.05) is 0 Å². The molecule has 0 aromatic heterocycles. The largest absolute Gasteiger partial charge is 0.417 e. The Morgan fingerprint density at radius 1 is 1.29 bits per heavy atom. The third-order valence-electron chi connectivity index (χ3n) is 3.49. The van der Waals surface area contributed by atoms with Gasteiger partial charge in [0, 0.05) is 6.54 Å². The highest BCUT2D eigenvalue weighted by atomic mass is 32.2. The second-order valence-electron chi connectivity index (χ2n) is 5.04. The lowest BCUT2D eigenvalue weighted by atomic mass is 10.1. The van der Waals surface area contributed by atoms with E-state index in [1.165, 1.54) is 12.1 Å². The van der Waals surface area contributed by atoms with Gasteiger partial charge in [-0.2, -0.15) is 13.2 Å². The highest BCUT2D eigenvalue weighted by Gasteiger charge is 2.36. The monoisotopic (exact) mass is 322 g/mol. The van der Waals surface area contributed by atoms with Crippen molar-refractivity contribution in [1.29, 1.82) is 0 Å². The van der Waals surface area contributed by atoms with Crippen molar-refractivity contribution in [2.24, 2.45) is 5.92 Å². The van der Waals surface area contributed by atoms with Gasteiger partial charge in [0.05, 0.1) is 10.5 Å². The number of alkyl halides is 3. The molecule has 4 nitrogen and oxygen atoms in total. The highest BCUT2D eigenvalue weighted by Crippen LogP contribution is 2.33. The van der Waals surface area contributed by atoms with Crippen LogP contribution in [0.25, 0.3) is 0 Å². The standard InChI is InChI=1S/C13H17F3N2O2S/c14-13(15,16)11-3-1-2-4-12(11)21(19,20)18-8-6-10-5-7-17-9-10/h1-4,10,17-18H,5-9H2/t10-/m0/s1. The molecule has 118 valence electrons. The van der Waals surface area contributed by atoms with E-state index in [4.69, 9.17) is 0 Å². The van der Waals surface area contributed by atoms with Crippen molar-refractivity contribution >= 4 is 10.0 Å². The van der Waals surface area contributed by atoms with Gasteiger partial charge in [-0.05, 0) is 44.0 Å². The number of halogens is 3. The fourth-order valence-corrected chi connectivity index (χ4v) is 3.64. The molecular weight excluding hydrogens is 305 g/mol. The Morgan fingerprint density at radius 3 is 2.62 bits per heavy atom. The Labute approximate surface area is 121 Å². The summed E-state index contributed by atoms with van der Waals surface area (Å²) in [6.07, 6.45) is -3.12. The molecular formula is C13H17F3N2O2S. The predicted molar refractivity (Wildman–Crippen MR) is 72.2 cm³/mol. The number of hydrogen-bond donors (Lipinski definition) is 2. The van der Waals surface area contributed by atoms with Crippen LogP contribution in [-0.4, -0.2) is 28.1 Å². The van der Waals surface area contributed by atoms with E-state index in [2.05, 4.69) is 10.0 Å². The van der Waals surface area contributed by atoms with Gasteiger partial charge in [0.15, 0.2) is 0 Å². The molecule has 0 unspecified atom stereocenters. The lowest BCUT2D eigenvalue weighted by molar-refractivity contribution is -0.139. The molecule has 0 aliphatic carbocycles. The Balaban J connectivity index is 2.08. The average molecular weight is 322 g/mol. The summed E-state index contributed by atoms with van der Waals surface area (Å²) in [6, 6.07) is 4.20. The molecule has 0 bridgehead atoms. The first-order valence-electron chi connectivity index (χ1n) is 6.67. The second-order valence-corrected chi connectivity index (χ2v) is 6.77.